The highest BCUT2D eigenvalue weighted by Gasteiger charge is 2.33. The minimum atomic E-state index is -4.72. The largest absolute Gasteiger partial charge is 0.416 e. The van der Waals surface area contributed by atoms with E-state index in [0.717, 1.165) is 39.9 Å². The van der Waals surface area contributed by atoms with E-state index >= 15 is 0 Å². The number of benzene rings is 2. The van der Waals surface area contributed by atoms with E-state index in [1.54, 1.807) is 12.1 Å². The van der Waals surface area contributed by atoms with Crippen molar-refractivity contribution in [1.82, 2.24) is 9.55 Å². The number of halogens is 3. The fraction of sp³-hybridized carbons (Fsp3) is 0.217. The van der Waals surface area contributed by atoms with Gasteiger partial charge >= 0.3 is 6.18 Å². The van der Waals surface area contributed by atoms with Crippen molar-refractivity contribution in [3.8, 4) is 5.69 Å². The van der Waals surface area contributed by atoms with Crippen LogP contribution in [0, 0.1) is 24.0 Å². The summed E-state index contributed by atoms with van der Waals surface area (Å²) in [6, 6.07) is 9.43. The molecule has 0 aliphatic rings. The minimum absolute atomic E-state index is 0.0471. The summed E-state index contributed by atoms with van der Waals surface area (Å²) in [6.07, 6.45) is -4.01. The highest BCUT2D eigenvalue weighted by Crippen LogP contribution is 2.40. The van der Waals surface area contributed by atoms with Gasteiger partial charge in [-0.05, 0) is 61.9 Å². The third-order valence-electron chi connectivity index (χ3n) is 5.33. The molecule has 0 amide bonds. The second-order valence-electron chi connectivity index (χ2n) is 7.59. The average molecular weight is 506 g/mol. The van der Waals surface area contributed by atoms with Crippen molar-refractivity contribution < 1.29 is 18.1 Å². The first-order valence-corrected chi connectivity index (χ1v) is 11.8. The molecule has 0 saturated carbocycles. The van der Waals surface area contributed by atoms with Crippen molar-refractivity contribution >= 4 is 39.0 Å². The van der Waals surface area contributed by atoms with Crippen LogP contribution >= 0.6 is 23.1 Å². The van der Waals surface area contributed by atoms with Gasteiger partial charge in [-0.25, -0.2) is 4.98 Å². The Morgan fingerprint density at radius 1 is 1.15 bits per heavy atom. The van der Waals surface area contributed by atoms with E-state index in [1.165, 1.54) is 15.9 Å². The molecule has 0 aliphatic carbocycles. The van der Waals surface area contributed by atoms with E-state index in [4.69, 9.17) is 0 Å². The molecule has 0 fully saturated rings. The van der Waals surface area contributed by atoms with Crippen molar-refractivity contribution in [2.75, 3.05) is 0 Å². The molecule has 11 heteroatoms. The van der Waals surface area contributed by atoms with Crippen molar-refractivity contribution in [2.24, 2.45) is 0 Å². The number of alkyl halides is 3. The molecule has 2 heterocycles. The second-order valence-corrected chi connectivity index (χ2v) is 9.69. The second kappa shape index (κ2) is 8.88. The zero-order chi connectivity index (χ0) is 24.8. The number of fused-ring (bicyclic) bond motifs is 1. The molecule has 0 saturated heterocycles. The predicted octanol–water partition coefficient (Wildman–Crippen LogP) is 6.70. The Labute approximate surface area is 200 Å². The van der Waals surface area contributed by atoms with Gasteiger partial charge in [-0.15, -0.1) is 11.3 Å². The van der Waals surface area contributed by atoms with Gasteiger partial charge in [0.1, 0.15) is 4.83 Å². The Balaban J connectivity index is 1.97. The molecule has 0 radical (unpaired) electrons. The standard InChI is InChI=1S/C23H18F3N3O3S2/c1-4-17-13(3)19-20(33-17)27-22(28(21(19)30)15-8-5-12(2)6-9-15)34-18-10-7-14(23(24,25)26)11-16(18)29(31)32/h5-11H,4H2,1-3H3. The smallest absolute Gasteiger partial charge is 0.268 e. The number of aromatic nitrogens is 2. The van der Waals surface area contributed by atoms with Gasteiger partial charge in [-0.2, -0.15) is 13.2 Å². The summed E-state index contributed by atoms with van der Waals surface area (Å²) in [5.41, 5.74) is 0.145. The third-order valence-corrected chi connectivity index (χ3v) is 7.68. The number of hydrogen-bond acceptors (Lipinski definition) is 6. The highest BCUT2D eigenvalue weighted by atomic mass is 32.2. The van der Waals surface area contributed by atoms with Crippen LogP contribution in [0.15, 0.2) is 57.3 Å². The lowest BCUT2D eigenvalue weighted by atomic mass is 10.2. The van der Waals surface area contributed by atoms with Gasteiger partial charge in [0.25, 0.3) is 11.2 Å². The quantitative estimate of drug-likeness (QED) is 0.171. The Bertz CT molecular complexity index is 1480. The van der Waals surface area contributed by atoms with Crippen molar-refractivity contribution in [1.29, 1.82) is 0 Å². The zero-order valence-corrected chi connectivity index (χ0v) is 19.9. The maximum absolute atomic E-state index is 13.6. The maximum Gasteiger partial charge on any atom is 0.416 e. The lowest BCUT2D eigenvalue weighted by molar-refractivity contribution is -0.388. The van der Waals surface area contributed by atoms with Crippen LogP contribution in [0.5, 0.6) is 0 Å². The number of nitrogens with zero attached hydrogens (tertiary/aromatic N) is 3. The zero-order valence-electron chi connectivity index (χ0n) is 18.3. The third kappa shape index (κ3) is 4.32. The molecule has 4 rings (SSSR count). The van der Waals surface area contributed by atoms with Crippen molar-refractivity contribution in [2.45, 2.75) is 43.4 Å². The summed E-state index contributed by atoms with van der Waals surface area (Å²) in [6.45, 7) is 5.72. The van der Waals surface area contributed by atoms with Gasteiger partial charge in [0.15, 0.2) is 5.16 Å². The molecule has 0 bridgehead atoms. The predicted molar refractivity (Wildman–Crippen MR) is 126 cm³/mol. The van der Waals surface area contributed by atoms with Crippen molar-refractivity contribution in [3.05, 3.63) is 84.5 Å². The van der Waals surface area contributed by atoms with E-state index in [9.17, 15) is 28.1 Å². The normalized spacial score (nSPS) is 11.8. The van der Waals surface area contributed by atoms with Crippen LogP contribution < -0.4 is 5.56 Å². The van der Waals surface area contributed by atoms with Crippen LogP contribution in [0.2, 0.25) is 0 Å². The molecule has 2 aromatic heterocycles. The fourth-order valence-electron chi connectivity index (χ4n) is 3.56. The monoisotopic (exact) mass is 505 g/mol. The number of aryl methyl sites for hydroxylation is 3. The van der Waals surface area contributed by atoms with Gasteiger partial charge < -0.3 is 0 Å². The van der Waals surface area contributed by atoms with E-state index in [0.29, 0.717) is 28.4 Å². The first-order valence-electron chi connectivity index (χ1n) is 10.2. The van der Waals surface area contributed by atoms with Crippen LogP contribution in [0.3, 0.4) is 0 Å². The molecule has 0 spiro atoms. The summed E-state index contributed by atoms with van der Waals surface area (Å²) >= 11 is 2.15. The lowest BCUT2D eigenvalue weighted by Gasteiger charge is -2.13. The number of rotatable bonds is 5. The van der Waals surface area contributed by atoms with Gasteiger partial charge in [0.2, 0.25) is 0 Å². The SMILES string of the molecule is CCc1sc2nc(Sc3ccc(C(F)(F)F)cc3[N+](=O)[O-])n(-c3ccc(C)cc3)c(=O)c2c1C. The number of thiophene rings is 1. The first-order chi connectivity index (χ1) is 16.0. The van der Waals surface area contributed by atoms with Crippen LogP contribution in [-0.4, -0.2) is 14.5 Å². The number of hydrogen-bond donors (Lipinski definition) is 0. The Morgan fingerprint density at radius 3 is 2.41 bits per heavy atom. The van der Waals surface area contributed by atoms with E-state index in [2.05, 4.69) is 4.98 Å². The van der Waals surface area contributed by atoms with Gasteiger partial charge in [-0.3, -0.25) is 19.5 Å². The summed E-state index contributed by atoms with van der Waals surface area (Å²) < 4.78 is 40.7. The highest BCUT2D eigenvalue weighted by molar-refractivity contribution is 7.99. The topological polar surface area (TPSA) is 78.0 Å². The van der Waals surface area contributed by atoms with Crippen LogP contribution in [-0.2, 0) is 12.6 Å². The Hall–Kier alpha value is -3.18. The molecule has 0 aliphatic heterocycles. The van der Waals surface area contributed by atoms with Crippen LogP contribution in [0.4, 0.5) is 18.9 Å². The number of nitro benzene ring substituents is 1. The molecule has 34 heavy (non-hydrogen) atoms. The molecular weight excluding hydrogens is 487 g/mol. The summed E-state index contributed by atoms with van der Waals surface area (Å²) in [5, 5.41) is 12.2. The maximum atomic E-state index is 13.6. The van der Waals surface area contributed by atoms with Crippen molar-refractivity contribution in [3.63, 3.8) is 0 Å². The first kappa shape index (κ1) is 24.0. The summed E-state index contributed by atoms with van der Waals surface area (Å²) in [4.78, 5) is 30.4. The fourth-order valence-corrected chi connectivity index (χ4v) is 5.71. The average Bonchev–Trinajstić information content (AvgIpc) is 3.10. The summed E-state index contributed by atoms with van der Waals surface area (Å²) in [5.74, 6) is 0. The van der Waals surface area contributed by atoms with Gasteiger partial charge in [0.05, 0.1) is 26.5 Å². The van der Waals surface area contributed by atoms with Gasteiger partial charge in [0, 0.05) is 10.9 Å². The molecule has 6 nitrogen and oxygen atoms in total. The van der Waals surface area contributed by atoms with Gasteiger partial charge in [-0.1, -0.05) is 24.6 Å². The Kier molecular flexibility index (Phi) is 6.26. The lowest BCUT2D eigenvalue weighted by Crippen LogP contribution is -2.21. The summed E-state index contributed by atoms with van der Waals surface area (Å²) in [7, 11) is 0. The molecular formula is C23H18F3N3O3S2. The van der Waals surface area contributed by atoms with Crippen LogP contribution in [0.25, 0.3) is 15.9 Å². The van der Waals surface area contributed by atoms with E-state index < -0.39 is 22.4 Å². The Morgan fingerprint density at radius 2 is 1.82 bits per heavy atom. The molecule has 0 atom stereocenters. The molecule has 4 aromatic rings. The minimum Gasteiger partial charge on any atom is -0.268 e. The van der Waals surface area contributed by atoms with E-state index in [1.807, 2.05) is 32.9 Å². The molecule has 0 N–H and O–H groups in total. The van der Waals surface area contributed by atoms with E-state index in [-0.39, 0.29) is 15.6 Å². The molecule has 0 unspecified atom stereocenters. The van der Waals surface area contributed by atoms with Crippen LogP contribution in [0.1, 0.15) is 28.5 Å². The molecule has 2 aromatic carbocycles. The molecule has 176 valence electrons. The number of nitro groups is 1.